The first kappa shape index (κ1) is 17.0. The van der Waals surface area contributed by atoms with Crippen LogP contribution in [0.15, 0.2) is 35.7 Å². The molecule has 0 aliphatic heterocycles. The Kier molecular flexibility index (Phi) is 4.41. The number of carbonyl (C=O) groups is 1. The highest BCUT2D eigenvalue weighted by atomic mass is 32.1. The van der Waals surface area contributed by atoms with Crippen LogP contribution < -0.4 is 5.32 Å². The minimum Gasteiger partial charge on any atom is -0.345 e. The Hall–Kier alpha value is -2.40. The molecule has 5 heteroatoms. The number of nitrogens with zero attached hydrogens (tertiary/aromatic N) is 2. The molecular weight excluding hydrogens is 342 g/mol. The number of amides is 1. The first-order chi connectivity index (χ1) is 12.5. The van der Waals surface area contributed by atoms with Crippen molar-refractivity contribution < 1.29 is 4.79 Å². The summed E-state index contributed by atoms with van der Waals surface area (Å²) in [5.41, 5.74) is 6.75. The van der Waals surface area contributed by atoms with E-state index in [-0.39, 0.29) is 5.91 Å². The lowest BCUT2D eigenvalue weighted by Gasteiger charge is -2.07. The van der Waals surface area contributed by atoms with Gasteiger partial charge in [0.25, 0.3) is 0 Å². The monoisotopic (exact) mass is 365 g/mol. The SMILES string of the molecule is Cc1ccc(NC(=O)Cc2nc(-c3cc(C)n(C4CC4)c3C)cs2)cc1. The summed E-state index contributed by atoms with van der Waals surface area (Å²) in [5, 5.41) is 5.85. The molecule has 2 heterocycles. The highest BCUT2D eigenvalue weighted by Gasteiger charge is 2.27. The largest absolute Gasteiger partial charge is 0.345 e. The van der Waals surface area contributed by atoms with Crippen LogP contribution in [0.5, 0.6) is 0 Å². The molecule has 0 atom stereocenters. The molecule has 4 nitrogen and oxygen atoms in total. The van der Waals surface area contributed by atoms with Gasteiger partial charge in [0.2, 0.25) is 5.91 Å². The van der Waals surface area contributed by atoms with Gasteiger partial charge in [0, 0.05) is 34.1 Å². The number of thiazole rings is 1. The number of anilines is 1. The fourth-order valence-electron chi connectivity index (χ4n) is 3.43. The van der Waals surface area contributed by atoms with Crippen LogP contribution in [0.1, 0.15) is 40.8 Å². The second kappa shape index (κ2) is 6.72. The molecule has 0 radical (unpaired) electrons. The molecule has 1 aromatic carbocycles. The van der Waals surface area contributed by atoms with Gasteiger partial charge in [-0.05, 0) is 51.8 Å². The van der Waals surface area contributed by atoms with Crippen LogP contribution in [-0.2, 0) is 11.2 Å². The fourth-order valence-corrected chi connectivity index (χ4v) is 4.22. The zero-order chi connectivity index (χ0) is 18.3. The van der Waals surface area contributed by atoms with Crippen molar-refractivity contribution in [1.82, 2.24) is 9.55 Å². The van der Waals surface area contributed by atoms with E-state index in [1.54, 1.807) is 11.3 Å². The molecule has 1 aliphatic carbocycles. The third kappa shape index (κ3) is 3.44. The van der Waals surface area contributed by atoms with E-state index >= 15 is 0 Å². The predicted octanol–water partition coefficient (Wildman–Crippen LogP) is 5.05. The number of carbonyl (C=O) groups excluding carboxylic acids is 1. The summed E-state index contributed by atoms with van der Waals surface area (Å²) in [6.45, 7) is 6.36. The van der Waals surface area contributed by atoms with Crippen molar-refractivity contribution in [3.05, 3.63) is 57.7 Å². The molecule has 0 spiro atoms. The van der Waals surface area contributed by atoms with Crippen LogP contribution >= 0.6 is 11.3 Å². The second-order valence-corrected chi connectivity index (χ2v) is 8.05. The summed E-state index contributed by atoms with van der Waals surface area (Å²) in [7, 11) is 0. The van der Waals surface area contributed by atoms with E-state index in [1.807, 2.05) is 31.2 Å². The van der Waals surface area contributed by atoms with Gasteiger partial charge in [0.1, 0.15) is 5.01 Å². The Labute approximate surface area is 157 Å². The molecule has 134 valence electrons. The van der Waals surface area contributed by atoms with Gasteiger partial charge in [-0.2, -0.15) is 0 Å². The summed E-state index contributed by atoms with van der Waals surface area (Å²) in [6.07, 6.45) is 2.86. The zero-order valence-electron chi connectivity index (χ0n) is 15.4. The Bertz CT molecular complexity index is 948. The third-order valence-electron chi connectivity index (χ3n) is 4.87. The minimum atomic E-state index is -0.0294. The van der Waals surface area contributed by atoms with Crippen LogP contribution in [0, 0.1) is 20.8 Å². The molecule has 1 N–H and O–H groups in total. The van der Waals surface area contributed by atoms with Crippen molar-refractivity contribution >= 4 is 22.9 Å². The van der Waals surface area contributed by atoms with Crippen molar-refractivity contribution in [3.63, 3.8) is 0 Å². The van der Waals surface area contributed by atoms with E-state index in [2.05, 4.69) is 35.2 Å². The number of hydrogen-bond donors (Lipinski definition) is 1. The van der Waals surface area contributed by atoms with Crippen LogP contribution in [0.25, 0.3) is 11.3 Å². The van der Waals surface area contributed by atoms with Crippen molar-refractivity contribution in [2.75, 3.05) is 5.32 Å². The first-order valence-electron chi connectivity index (χ1n) is 9.01. The number of aryl methyl sites for hydroxylation is 2. The van der Waals surface area contributed by atoms with Gasteiger partial charge in [-0.1, -0.05) is 17.7 Å². The third-order valence-corrected chi connectivity index (χ3v) is 5.72. The Balaban J connectivity index is 1.47. The summed E-state index contributed by atoms with van der Waals surface area (Å²) >= 11 is 1.55. The highest BCUT2D eigenvalue weighted by Crippen LogP contribution is 2.40. The fraction of sp³-hybridized carbons (Fsp3) is 0.333. The van der Waals surface area contributed by atoms with E-state index in [0.717, 1.165) is 16.4 Å². The number of aromatic nitrogens is 2. The molecule has 1 fully saturated rings. The normalized spacial score (nSPS) is 13.8. The lowest BCUT2D eigenvalue weighted by atomic mass is 10.2. The number of hydrogen-bond acceptors (Lipinski definition) is 3. The molecule has 1 saturated carbocycles. The molecule has 2 aromatic heterocycles. The molecule has 4 rings (SSSR count). The molecule has 0 unspecified atom stereocenters. The van der Waals surface area contributed by atoms with Crippen molar-refractivity contribution in [2.24, 2.45) is 0 Å². The molecule has 0 bridgehead atoms. The van der Waals surface area contributed by atoms with Gasteiger partial charge in [0.05, 0.1) is 12.1 Å². The van der Waals surface area contributed by atoms with Gasteiger partial charge in [-0.25, -0.2) is 4.98 Å². The van der Waals surface area contributed by atoms with E-state index in [1.165, 1.54) is 35.4 Å². The lowest BCUT2D eigenvalue weighted by molar-refractivity contribution is -0.115. The zero-order valence-corrected chi connectivity index (χ0v) is 16.2. The maximum atomic E-state index is 12.3. The van der Waals surface area contributed by atoms with Crippen molar-refractivity contribution in [3.8, 4) is 11.3 Å². The van der Waals surface area contributed by atoms with E-state index in [4.69, 9.17) is 4.98 Å². The maximum Gasteiger partial charge on any atom is 0.231 e. The Morgan fingerprint density at radius 1 is 1.23 bits per heavy atom. The van der Waals surface area contributed by atoms with Crippen molar-refractivity contribution in [1.29, 1.82) is 0 Å². The van der Waals surface area contributed by atoms with Crippen LogP contribution in [-0.4, -0.2) is 15.5 Å². The minimum absolute atomic E-state index is 0.0294. The molecule has 1 amide bonds. The summed E-state index contributed by atoms with van der Waals surface area (Å²) in [4.78, 5) is 17.0. The van der Waals surface area contributed by atoms with Gasteiger partial charge in [0.15, 0.2) is 0 Å². The van der Waals surface area contributed by atoms with Crippen LogP contribution in [0.3, 0.4) is 0 Å². The second-order valence-electron chi connectivity index (χ2n) is 7.10. The van der Waals surface area contributed by atoms with Gasteiger partial charge in [-0.3, -0.25) is 4.79 Å². The topological polar surface area (TPSA) is 46.9 Å². The summed E-state index contributed by atoms with van der Waals surface area (Å²) in [5.74, 6) is -0.0294. The van der Waals surface area contributed by atoms with Gasteiger partial charge in [-0.15, -0.1) is 11.3 Å². The molecular formula is C21H23N3OS. The van der Waals surface area contributed by atoms with Crippen LogP contribution in [0.2, 0.25) is 0 Å². The molecule has 26 heavy (non-hydrogen) atoms. The number of rotatable bonds is 5. The smallest absolute Gasteiger partial charge is 0.231 e. The van der Waals surface area contributed by atoms with E-state index in [0.29, 0.717) is 12.5 Å². The van der Waals surface area contributed by atoms with Crippen molar-refractivity contribution in [2.45, 2.75) is 46.1 Å². The van der Waals surface area contributed by atoms with Crippen LogP contribution in [0.4, 0.5) is 5.69 Å². The quantitative estimate of drug-likeness (QED) is 0.687. The Morgan fingerprint density at radius 2 is 1.96 bits per heavy atom. The molecule has 1 aliphatic rings. The predicted molar refractivity (Wildman–Crippen MR) is 107 cm³/mol. The highest BCUT2D eigenvalue weighted by molar-refractivity contribution is 7.10. The summed E-state index contributed by atoms with van der Waals surface area (Å²) in [6, 6.07) is 10.7. The Morgan fingerprint density at radius 3 is 2.65 bits per heavy atom. The average Bonchev–Trinajstić information content (AvgIpc) is 3.25. The number of benzene rings is 1. The maximum absolute atomic E-state index is 12.3. The van der Waals surface area contributed by atoms with E-state index in [9.17, 15) is 4.79 Å². The van der Waals surface area contributed by atoms with Gasteiger partial charge < -0.3 is 9.88 Å². The lowest BCUT2D eigenvalue weighted by Crippen LogP contribution is -2.14. The van der Waals surface area contributed by atoms with Gasteiger partial charge >= 0.3 is 0 Å². The average molecular weight is 366 g/mol. The first-order valence-corrected chi connectivity index (χ1v) is 9.89. The number of nitrogens with one attached hydrogen (secondary N) is 1. The van der Waals surface area contributed by atoms with E-state index < -0.39 is 0 Å². The molecule has 3 aromatic rings. The molecule has 0 saturated heterocycles. The summed E-state index contributed by atoms with van der Waals surface area (Å²) < 4.78 is 2.43. The standard InChI is InChI=1S/C21H23N3OS/c1-13-4-6-16(7-5-13)22-20(25)11-21-23-19(12-26-21)18-10-14(2)24(15(18)3)17-8-9-17/h4-7,10,12,17H,8-9,11H2,1-3H3,(H,22,25).